The van der Waals surface area contributed by atoms with Crippen LogP contribution in [0.25, 0.3) is 0 Å². The standard InChI is InChI=1S/C20H22N4O3/c25-18-14-27-20(15-24(18)13-17-3-1-2-8-22-17)6-11-23(12-7-20)19(26)16-4-9-21-10-5-16/h1-5,8-10H,6-7,11-15H2. The molecule has 0 N–H and O–H groups in total. The Morgan fingerprint density at radius 3 is 2.59 bits per heavy atom. The second-order valence-corrected chi connectivity index (χ2v) is 7.07. The summed E-state index contributed by atoms with van der Waals surface area (Å²) in [5.41, 5.74) is 1.14. The third-order valence-corrected chi connectivity index (χ3v) is 5.30. The molecule has 4 rings (SSSR count). The summed E-state index contributed by atoms with van der Waals surface area (Å²) in [7, 11) is 0. The predicted molar refractivity (Wildman–Crippen MR) is 97.7 cm³/mol. The zero-order chi connectivity index (χ0) is 18.7. The Morgan fingerprint density at radius 1 is 1.11 bits per heavy atom. The van der Waals surface area contributed by atoms with Crippen LogP contribution in [-0.2, 0) is 16.1 Å². The first-order valence-corrected chi connectivity index (χ1v) is 9.16. The lowest BCUT2D eigenvalue weighted by Crippen LogP contribution is -2.59. The van der Waals surface area contributed by atoms with E-state index in [0.717, 1.165) is 18.5 Å². The molecular weight excluding hydrogens is 344 g/mol. The molecule has 2 aromatic rings. The molecule has 27 heavy (non-hydrogen) atoms. The Labute approximate surface area is 158 Å². The lowest BCUT2D eigenvalue weighted by atomic mass is 9.89. The smallest absolute Gasteiger partial charge is 0.253 e. The molecule has 2 amide bonds. The van der Waals surface area contributed by atoms with Crippen molar-refractivity contribution >= 4 is 11.8 Å². The molecule has 2 aliphatic rings. The van der Waals surface area contributed by atoms with Crippen LogP contribution in [-0.4, -0.2) is 63.4 Å². The Hall–Kier alpha value is -2.80. The highest BCUT2D eigenvalue weighted by Crippen LogP contribution is 2.31. The van der Waals surface area contributed by atoms with E-state index in [1.54, 1.807) is 30.7 Å². The van der Waals surface area contributed by atoms with E-state index in [-0.39, 0.29) is 24.0 Å². The number of ether oxygens (including phenoxy) is 1. The van der Waals surface area contributed by atoms with Crippen molar-refractivity contribution in [1.82, 2.24) is 19.8 Å². The van der Waals surface area contributed by atoms with Gasteiger partial charge >= 0.3 is 0 Å². The highest BCUT2D eigenvalue weighted by atomic mass is 16.5. The van der Waals surface area contributed by atoms with Gasteiger partial charge in [-0.1, -0.05) is 6.07 Å². The number of rotatable bonds is 3. The van der Waals surface area contributed by atoms with Gasteiger partial charge < -0.3 is 14.5 Å². The summed E-state index contributed by atoms with van der Waals surface area (Å²) < 4.78 is 5.96. The van der Waals surface area contributed by atoms with Gasteiger partial charge in [-0.15, -0.1) is 0 Å². The van der Waals surface area contributed by atoms with Crippen LogP contribution in [0, 0.1) is 0 Å². The quantitative estimate of drug-likeness (QED) is 0.823. The number of likely N-dealkylation sites (tertiary alicyclic amines) is 1. The zero-order valence-corrected chi connectivity index (χ0v) is 15.1. The van der Waals surface area contributed by atoms with Crippen molar-refractivity contribution in [2.24, 2.45) is 0 Å². The molecule has 1 spiro atoms. The molecule has 2 saturated heterocycles. The maximum absolute atomic E-state index is 12.6. The summed E-state index contributed by atoms with van der Waals surface area (Å²) in [6, 6.07) is 9.17. The predicted octanol–water partition coefficient (Wildman–Crippen LogP) is 1.51. The molecule has 7 nitrogen and oxygen atoms in total. The SMILES string of the molecule is O=C1COC2(CCN(C(=O)c3ccncc3)CC2)CN1Cc1ccccn1. The number of nitrogens with zero attached hydrogens (tertiary/aromatic N) is 4. The molecule has 7 heteroatoms. The first kappa shape index (κ1) is 17.6. The van der Waals surface area contributed by atoms with Crippen LogP contribution in [0.5, 0.6) is 0 Å². The van der Waals surface area contributed by atoms with E-state index < -0.39 is 0 Å². The molecular formula is C20H22N4O3. The maximum Gasteiger partial charge on any atom is 0.253 e. The molecule has 0 radical (unpaired) electrons. The number of carbonyl (C=O) groups excluding carboxylic acids is 2. The van der Waals surface area contributed by atoms with Crippen molar-refractivity contribution in [2.75, 3.05) is 26.2 Å². The summed E-state index contributed by atoms with van der Waals surface area (Å²) in [5, 5.41) is 0. The van der Waals surface area contributed by atoms with Gasteiger partial charge in [0.15, 0.2) is 0 Å². The van der Waals surface area contributed by atoms with E-state index in [4.69, 9.17) is 4.74 Å². The number of carbonyl (C=O) groups is 2. The lowest BCUT2D eigenvalue weighted by molar-refractivity contribution is -0.171. The van der Waals surface area contributed by atoms with Gasteiger partial charge in [0, 0.05) is 37.2 Å². The molecule has 0 aromatic carbocycles. The third kappa shape index (κ3) is 3.83. The molecule has 2 fully saturated rings. The summed E-state index contributed by atoms with van der Waals surface area (Å²) >= 11 is 0. The average Bonchev–Trinajstić information content (AvgIpc) is 2.72. The molecule has 0 bridgehead atoms. The first-order valence-electron chi connectivity index (χ1n) is 9.16. The van der Waals surface area contributed by atoms with Crippen molar-refractivity contribution in [3.8, 4) is 0 Å². The van der Waals surface area contributed by atoms with Gasteiger partial charge in [-0.25, -0.2) is 0 Å². The van der Waals surface area contributed by atoms with E-state index in [9.17, 15) is 9.59 Å². The van der Waals surface area contributed by atoms with E-state index >= 15 is 0 Å². The van der Waals surface area contributed by atoms with E-state index in [2.05, 4.69) is 9.97 Å². The molecule has 0 saturated carbocycles. The Morgan fingerprint density at radius 2 is 1.89 bits per heavy atom. The molecule has 4 heterocycles. The number of morpholine rings is 1. The third-order valence-electron chi connectivity index (χ3n) is 5.30. The van der Waals surface area contributed by atoms with Gasteiger partial charge in [0.25, 0.3) is 5.91 Å². The van der Waals surface area contributed by atoms with Crippen LogP contribution >= 0.6 is 0 Å². The lowest BCUT2D eigenvalue weighted by Gasteiger charge is -2.47. The van der Waals surface area contributed by atoms with Crippen LogP contribution in [0.15, 0.2) is 48.9 Å². The van der Waals surface area contributed by atoms with Crippen LogP contribution in [0.2, 0.25) is 0 Å². The fourth-order valence-electron chi connectivity index (χ4n) is 3.72. The van der Waals surface area contributed by atoms with Gasteiger partial charge in [-0.2, -0.15) is 0 Å². The molecule has 0 unspecified atom stereocenters. The monoisotopic (exact) mass is 366 g/mol. The number of pyridine rings is 2. The van der Waals surface area contributed by atoms with Crippen molar-refractivity contribution in [3.05, 3.63) is 60.2 Å². The minimum absolute atomic E-state index is 0.0124. The molecule has 140 valence electrons. The van der Waals surface area contributed by atoms with E-state index in [0.29, 0.717) is 31.7 Å². The fourth-order valence-corrected chi connectivity index (χ4v) is 3.72. The summed E-state index contributed by atoms with van der Waals surface area (Å²) in [6.45, 7) is 2.36. The number of hydrogen-bond acceptors (Lipinski definition) is 5. The number of aromatic nitrogens is 2. The first-order chi connectivity index (χ1) is 13.2. The summed E-state index contributed by atoms with van der Waals surface area (Å²) in [6.07, 6.45) is 6.43. The summed E-state index contributed by atoms with van der Waals surface area (Å²) in [4.78, 5) is 36.8. The number of amides is 2. The number of piperidine rings is 1. The molecule has 0 aliphatic carbocycles. The maximum atomic E-state index is 12.6. The van der Waals surface area contributed by atoms with Gasteiger partial charge in [-0.05, 0) is 37.1 Å². The van der Waals surface area contributed by atoms with Crippen LogP contribution in [0.3, 0.4) is 0 Å². The van der Waals surface area contributed by atoms with Crippen LogP contribution in [0.1, 0.15) is 28.9 Å². The zero-order valence-electron chi connectivity index (χ0n) is 15.1. The Bertz CT molecular complexity index is 804. The van der Waals surface area contributed by atoms with Crippen molar-refractivity contribution < 1.29 is 14.3 Å². The van der Waals surface area contributed by atoms with E-state index in [1.165, 1.54) is 0 Å². The molecule has 0 atom stereocenters. The minimum Gasteiger partial charge on any atom is -0.363 e. The normalized spacial score (nSPS) is 19.3. The van der Waals surface area contributed by atoms with Crippen molar-refractivity contribution in [1.29, 1.82) is 0 Å². The van der Waals surface area contributed by atoms with Gasteiger partial charge in [-0.3, -0.25) is 19.6 Å². The van der Waals surface area contributed by atoms with Gasteiger partial charge in [0.2, 0.25) is 5.91 Å². The Kier molecular flexibility index (Phi) is 4.85. The largest absolute Gasteiger partial charge is 0.363 e. The van der Waals surface area contributed by atoms with E-state index in [1.807, 2.05) is 28.0 Å². The van der Waals surface area contributed by atoms with Crippen molar-refractivity contribution in [3.63, 3.8) is 0 Å². The second kappa shape index (κ2) is 7.44. The second-order valence-electron chi connectivity index (χ2n) is 7.07. The van der Waals surface area contributed by atoms with Crippen LogP contribution in [0.4, 0.5) is 0 Å². The highest BCUT2D eigenvalue weighted by molar-refractivity contribution is 5.94. The summed E-state index contributed by atoms with van der Waals surface area (Å²) in [5.74, 6) is 0.00560. The van der Waals surface area contributed by atoms with Gasteiger partial charge in [0.1, 0.15) is 6.61 Å². The molecule has 2 aliphatic heterocycles. The van der Waals surface area contributed by atoms with Crippen LogP contribution < -0.4 is 0 Å². The fraction of sp³-hybridized carbons (Fsp3) is 0.400. The average molecular weight is 366 g/mol. The number of hydrogen-bond donors (Lipinski definition) is 0. The highest BCUT2D eigenvalue weighted by Gasteiger charge is 2.43. The Balaban J connectivity index is 1.40. The minimum atomic E-state index is -0.377. The van der Waals surface area contributed by atoms with Gasteiger partial charge in [0.05, 0.1) is 24.4 Å². The topological polar surface area (TPSA) is 75.6 Å². The van der Waals surface area contributed by atoms with Crippen molar-refractivity contribution in [2.45, 2.75) is 25.0 Å². The molecule has 2 aromatic heterocycles.